The summed E-state index contributed by atoms with van der Waals surface area (Å²) in [7, 11) is 0. The number of aryl methyl sites for hydroxylation is 1. The average Bonchev–Trinajstić information content (AvgIpc) is 2.52. The Morgan fingerprint density at radius 3 is 2.38 bits per heavy atom. The summed E-state index contributed by atoms with van der Waals surface area (Å²) in [4.78, 5) is 15.7. The molecule has 0 aliphatic carbocycles. The van der Waals surface area contributed by atoms with E-state index < -0.39 is 18.3 Å². The van der Waals surface area contributed by atoms with Crippen molar-refractivity contribution in [3.63, 3.8) is 0 Å². The van der Waals surface area contributed by atoms with Gasteiger partial charge in [-0.2, -0.15) is 13.2 Å². The van der Waals surface area contributed by atoms with Crippen molar-refractivity contribution in [1.82, 2.24) is 9.88 Å². The minimum Gasteiger partial charge on any atom is -0.465 e. The minimum absolute atomic E-state index is 0.191. The summed E-state index contributed by atoms with van der Waals surface area (Å²) in [5, 5.41) is 9.31. The van der Waals surface area contributed by atoms with Gasteiger partial charge in [0.1, 0.15) is 0 Å². The molecule has 0 fully saturated rings. The molecule has 128 valence electrons. The number of carbonyl (C=O) groups is 1. The molecule has 1 atom stereocenters. The molecular weight excluding hydrogens is 321 g/mol. The molecule has 7 heteroatoms. The molecule has 0 bridgehead atoms. The van der Waals surface area contributed by atoms with E-state index in [1.807, 2.05) is 0 Å². The van der Waals surface area contributed by atoms with Crippen molar-refractivity contribution in [2.75, 3.05) is 6.54 Å². The van der Waals surface area contributed by atoms with Crippen LogP contribution in [0.1, 0.15) is 22.9 Å². The zero-order valence-electron chi connectivity index (χ0n) is 13.0. The fourth-order valence-electron chi connectivity index (χ4n) is 2.42. The molecule has 0 aliphatic rings. The van der Waals surface area contributed by atoms with Crippen LogP contribution in [0.4, 0.5) is 18.0 Å². The molecule has 0 saturated heterocycles. The first-order valence-electron chi connectivity index (χ1n) is 7.32. The van der Waals surface area contributed by atoms with Gasteiger partial charge in [0.25, 0.3) is 0 Å². The van der Waals surface area contributed by atoms with Gasteiger partial charge in [0, 0.05) is 24.0 Å². The lowest BCUT2D eigenvalue weighted by Gasteiger charge is -2.31. The zero-order valence-corrected chi connectivity index (χ0v) is 13.0. The largest absolute Gasteiger partial charge is 0.465 e. The monoisotopic (exact) mass is 338 g/mol. The zero-order chi connectivity index (χ0) is 17.7. The number of benzene rings is 1. The van der Waals surface area contributed by atoms with Crippen LogP contribution in [0.3, 0.4) is 0 Å². The van der Waals surface area contributed by atoms with Gasteiger partial charge in [0.05, 0.1) is 0 Å². The summed E-state index contributed by atoms with van der Waals surface area (Å²) in [5.74, 6) is 0. The predicted octanol–water partition coefficient (Wildman–Crippen LogP) is 4.22. The first kappa shape index (κ1) is 17.8. The molecule has 0 saturated carbocycles. The van der Waals surface area contributed by atoms with E-state index in [0.29, 0.717) is 10.6 Å². The highest BCUT2D eigenvalue weighted by Crippen LogP contribution is 2.37. The number of aromatic nitrogens is 1. The summed E-state index contributed by atoms with van der Waals surface area (Å²) in [6.45, 7) is 1.38. The number of hydrogen-bond acceptors (Lipinski definition) is 2. The average molecular weight is 338 g/mol. The van der Waals surface area contributed by atoms with Crippen LogP contribution >= 0.6 is 0 Å². The van der Waals surface area contributed by atoms with Gasteiger partial charge >= 0.3 is 12.3 Å². The minimum atomic E-state index is -4.73. The fourth-order valence-corrected chi connectivity index (χ4v) is 2.42. The van der Waals surface area contributed by atoms with Crippen molar-refractivity contribution in [1.29, 1.82) is 0 Å². The summed E-state index contributed by atoms with van der Waals surface area (Å²) in [6, 6.07) is 9.24. The summed E-state index contributed by atoms with van der Waals surface area (Å²) >= 11 is 0. The molecule has 2 aromatic rings. The first-order valence-corrected chi connectivity index (χ1v) is 7.32. The Hall–Kier alpha value is -2.57. The fraction of sp³-hybridized carbons (Fsp3) is 0.294. The number of alkyl halides is 3. The summed E-state index contributed by atoms with van der Waals surface area (Å²) in [5.41, 5.74) is 1.14. The van der Waals surface area contributed by atoms with Crippen LogP contribution in [0.25, 0.3) is 0 Å². The Morgan fingerprint density at radius 1 is 1.21 bits per heavy atom. The molecule has 4 nitrogen and oxygen atoms in total. The Bertz CT molecular complexity index is 672. The number of pyridine rings is 1. The van der Waals surface area contributed by atoms with Gasteiger partial charge in [0.2, 0.25) is 0 Å². The highest BCUT2D eigenvalue weighted by atomic mass is 19.4. The summed E-state index contributed by atoms with van der Waals surface area (Å²) < 4.78 is 40.5. The highest BCUT2D eigenvalue weighted by Gasteiger charge is 2.46. The molecule has 0 unspecified atom stereocenters. The standard InChI is InChI=1S/C17H17F3N2O2/c1-12-7-8-14(11-21-12)15(17(18,19)20)22(16(23)24)10-9-13-5-3-2-4-6-13/h2-8,11,15H,9-10H2,1H3,(H,23,24)/t15-/m1/s1. The third kappa shape index (κ3) is 4.47. The number of nitrogens with zero attached hydrogens (tertiary/aromatic N) is 2. The first-order chi connectivity index (χ1) is 11.3. The normalized spacial score (nSPS) is 12.7. The molecule has 0 radical (unpaired) electrons. The van der Waals surface area contributed by atoms with E-state index in [4.69, 9.17) is 0 Å². The Morgan fingerprint density at radius 2 is 1.88 bits per heavy atom. The van der Waals surface area contributed by atoms with Crippen molar-refractivity contribution in [2.45, 2.75) is 25.6 Å². The lowest BCUT2D eigenvalue weighted by Crippen LogP contribution is -2.42. The van der Waals surface area contributed by atoms with E-state index in [1.165, 1.54) is 12.1 Å². The van der Waals surface area contributed by atoms with E-state index in [9.17, 15) is 23.1 Å². The van der Waals surface area contributed by atoms with E-state index in [-0.39, 0.29) is 18.5 Å². The highest BCUT2D eigenvalue weighted by molar-refractivity contribution is 5.66. The smallest absolute Gasteiger partial charge is 0.413 e. The van der Waals surface area contributed by atoms with E-state index in [0.717, 1.165) is 11.8 Å². The maximum Gasteiger partial charge on any atom is 0.413 e. The van der Waals surface area contributed by atoms with Gasteiger partial charge in [-0.3, -0.25) is 9.88 Å². The van der Waals surface area contributed by atoms with Crippen molar-refractivity contribution in [3.8, 4) is 0 Å². The Kier molecular flexibility index (Phi) is 5.43. The molecule has 1 aromatic heterocycles. The van der Waals surface area contributed by atoms with Crippen LogP contribution in [0.5, 0.6) is 0 Å². The van der Waals surface area contributed by atoms with Gasteiger partial charge in [-0.1, -0.05) is 36.4 Å². The quantitative estimate of drug-likeness (QED) is 0.888. The molecule has 1 aromatic carbocycles. The van der Waals surface area contributed by atoms with Crippen molar-refractivity contribution < 1.29 is 23.1 Å². The van der Waals surface area contributed by atoms with E-state index in [1.54, 1.807) is 37.3 Å². The lowest BCUT2D eigenvalue weighted by atomic mass is 10.1. The second kappa shape index (κ2) is 7.33. The molecule has 0 spiro atoms. The predicted molar refractivity (Wildman–Crippen MR) is 82.6 cm³/mol. The van der Waals surface area contributed by atoms with Crippen molar-refractivity contribution in [2.24, 2.45) is 0 Å². The van der Waals surface area contributed by atoms with Crippen LogP contribution in [-0.4, -0.2) is 33.8 Å². The molecule has 2 rings (SSSR count). The number of amides is 1. The topological polar surface area (TPSA) is 53.4 Å². The van der Waals surface area contributed by atoms with Crippen molar-refractivity contribution >= 4 is 6.09 Å². The number of carboxylic acid groups (broad SMARTS) is 1. The number of rotatable bonds is 5. The molecule has 0 aliphatic heterocycles. The van der Waals surface area contributed by atoms with Crippen LogP contribution in [0.15, 0.2) is 48.7 Å². The van der Waals surface area contributed by atoms with Gasteiger partial charge in [-0.15, -0.1) is 0 Å². The lowest BCUT2D eigenvalue weighted by molar-refractivity contribution is -0.180. The number of hydrogen-bond donors (Lipinski definition) is 1. The SMILES string of the molecule is Cc1ccc([C@@H](N(CCc2ccccc2)C(=O)O)C(F)(F)F)cn1. The van der Waals surface area contributed by atoms with Crippen LogP contribution in [-0.2, 0) is 6.42 Å². The molecule has 1 amide bonds. The Balaban J connectivity index is 2.29. The summed E-state index contributed by atoms with van der Waals surface area (Å²) in [6.07, 6.45) is -5.08. The maximum atomic E-state index is 13.5. The molecule has 24 heavy (non-hydrogen) atoms. The van der Waals surface area contributed by atoms with Gasteiger partial charge in [0.15, 0.2) is 6.04 Å². The van der Waals surface area contributed by atoms with Crippen LogP contribution in [0, 0.1) is 6.92 Å². The van der Waals surface area contributed by atoms with Gasteiger partial charge in [-0.25, -0.2) is 4.79 Å². The van der Waals surface area contributed by atoms with E-state index in [2.05, 4.69) is 4.98 Å². The second-order valence-electron chi connectivity index (χ2n) is 5.39. The number of halogens is 3. The molecule has 1 heterocycles. The second-order valence-corrected chi connectivity index (χ2v) is 5.39. The third-order valence-corrected chi connectivity index (χ3v) is 3.60. The van der Waals surface area contributed by atoms with E-state index >= 15 is 0 Å². The molecular formula is C17H17F3N2O2. The Labute approximate surface area is 137 Å². The van der Waals surface area contributed by atoms with Gasteiger partial charge < -0.3 is 5.11 Å². The van der Waals surface area contributed by atoms with Crippen LogP contribution in [0.2, 0.25) is 0 Å². The third-order valence-electron chi connectivity index (χ3n) is 3.60. The molecule has 1 N–H and O–H groups in total. The maximum absolute atomic E-state index is 13.5. The van der Waals surface area contributed by atoms with Crippen LogP contribution < -0.4 is 0 Å². The van der Waals surface area contributed by atoms with Gasteiger partial charge in [-0.05, 0) is 25.0 Å². The van der Waals surface area contributed by atoms with Crippen molar-refractivity contribution in [3.05, 3.63) is 65.5 Å².